The summed E-state index contributed by atoms with van der Waals surface area (Å²) in [6.45, 7) is 5.85. The lowest BCUT2D eigenvalue weighted by molar-refractivity contribution is 0.378. The minimum Gasteiger partial charge on any atom is -0.314 e. The van der Waals surface area contributed by atoms with Crippen LogP contribution in [0.25, 0.3) is 0 Å². The van der Waals surface area contributed by atoms with Gasteiger partial charge in [-0.05, 0) is 38.6 Å². The third-order valence-corrected chi connectivity index (χ3v) is 3.35. The molecule has 1 heteroatoms. The molecule has 1 fully saturated rings. The van der Waals surface area contributed by atoms with E-state index < -0.39 is 0 Å². The van der Waals surface area contributed by atoms with Crippen LogP contribution in [0.4, 0.5) is 0 Å². The summed E-state index contributed by atoms with van der Waals surface area (Å²) in [4.78, 5) is 0. The second-order valence-corrected chi connectivity index (χ2v) is 4.49. The Balaban J connectivity index is 1.99. The van der Waals surface area contributed by atoms with Crippen molar-refractivity contribution in [3.63, 3.8) is 0 Å². The maximum Gasteiger partial charge on any atom is 0.00669 e. The standard InChI is InChI=1S/C12H25N/c1-3-4-7-10-13-11(2)12-8-5-6-9-12/h11-13H,3-10H2,1-2H3. The van der Waals surface area contributed by atoms with Crippen molar-refractivity contribution in [1.29, 1.82) is 0 Å². The topological polar surface area (TPSA) is 12.0 Å². The smallest absolute Gasteiger partial charge is 0.00669 e. The van der Waals surface area contributed by atoms with Crippen LogP contribution >= 0.6 is 0 Å². The summed E-state index contributed by atoms with van der Waals surface area (Å²) in [5.74, 6) is 0.974. The van der Waals surface area contributed by atoms with Crippen LogP contribution in [-0.2, 0) is 0 Å². The molecule has 0 aliphatic heterocycles. The lowest BCUT2D eigenvalue weighted by atomic mass is 10.00. The van der Waals surface area contributed by atoms with Gasteiger partial charge >= 0.3 is 0 Å². The van der Waals surface area contributed by atoms with Gasteiger partial charge in [0, 0.05) is 6.04 Å². The largest absolute Gasteiger partial charge is 0.314 e. The Labute approximate surface area is 83.3 Å². The highest BCUT2D eigenvalue weighted by molar-refractivity contribution is 4.76. The first-order valence-corrected chi connectivity index (χ1v) is 6.08. The lowest BCUT2D eigenvalue weighted by Gasteiger charge is -2.20. The molecule has 0 spiro atoms. The summed E-state index contributed by atoms with van der Waals surface area (Å²) in [6.07, 6.45) is 9.92. The van der Waals surface area contributed by atoms with Gasteiger partial charge in [0.2, 0.25) is 0 Å². The van der Waals surface area contributed by atoms with Gasteiger partial charge in [0.15, 0.2) is 0 Å². The fourth-order valence-electron chi connectivity index (χ4n) is 2.33. The number of rotatable bonds is 6. The third kappa shape index (κ3) is 4.12. The van der Waals surface area contributed by atoms with Crippen LogP contribution in [0.15, 0.2) is 0 Å². The molecule has 1 aliphatic carbocycles. The van der Waals surface area contributed by atoms with Crippen molar-refractivity contribution in [1.82, 2.24) is 5.32 Å². The molecule has 1 N–H and O–H groups in total. The van der Waals surface area contributed by atoms with Crippen molar-refractivity contribution >= 4 is 0 Å². The minimum absolute atomic E-state index is 0.763. The van der Waals surface area contributed by atoms with E-state index in [2.05, 4.69) is 19.2 Å². The zero-order valence-electron chi connectivity index (χ0n) is 9.31. The highest BCUT2D eigenvalue weighted by Gasteiger charge is 2.20. The van der Waals surface area contributed by atoms with E-state index in [0.29, 0.717) is 0 Å². The molecule has 13 heavy (non-hydrogen) atoms. The molecule has 78 valence electrons. The first-order chi connectivity index (χ1) is 6.34. The minimum atomic E-state index is 0.763. The quantitative estimate of drug-likeness (QED) is 0.623. The second kappa shape index (κ2) is 6.42. The fourth-order valence-corrected chi connectivity index (χ4v) is 2.33. The molecule has 0 amide bonds. The number of unbranched alkanes of at least 4 members (excludes halogenated alkanes) is 2. The van der Waals surface area contributed by atoms with Crippen LogP contribution in [0, 0.1) is 5.92 Å². The molecule has 0 aromatic heterocycles. The molecule has 0 aromatic rings. The van der Waals surface area contributed by atoms with E-state index in [1.54, 1.807) is 0 Å². The zero-order chi connectivity index (χ0) is 9.52. The zero-order valence-corrected chi connectivity index (χ0v) is 9.31. The van der Waals surface area contributed by atoms with Gasteiger partial charge in [-0.3, -0.25) is 0 Å². The molecule has 1 nitrogen and oxygen atoms in total. The number of hydrogen-bond acceptors (Lipinski definition) is 1. The average molecular weight is 183 g/mol. The Kier molecular flexibility index (Phi) is 5.45. The fraction of sp³-hybridized carbons (Fsp3) is 1.00. The van der Waals surface area contributed by atoms with Gasteiger partial charge in [-0.15, -0.1) is 0 Å². The molecule has 0 bridgehead atoms. The summed E-state index contributed by atoms with van der Waals surface area (Å²) < 4.78 is 0. The van der Waals surface area contributed by atoms with Gasteiger partial charge in [0.05, 0.1) is 0 Å². The van der Waals surface area contributed by atoms with E-state index in [1.165, 1.54) is 51.5 Å². The summed E-state index contributed by atoms with van der Waals surface area (Å²) in [5, 5.41) is 3.66. The van der Waals surface area contributed by atoms with Gasteiger partial charge in [-0.2, -0.15) is 0 Å². The molecule has 0 aromatic carbocycles. The monoisotopic (exact) mass is 183 g/mol. The van der Waals surface area contributed by atoms with Crippen LogP contribution in [0.5, 0.6) is 0 Å². The summed E-state index contributed by atoms with van der Waals surface area (Å²) in [6, 6.07) is 0.763. The molecular formula is C12H25N. The van der Waals surface area contributed by atoms with E-state index in [4.69, 9.17) is 0 Å². The molecule has 1 saturated carbocycles. The SMILES string of the molecule is CCCCCNC(C)C1CCCC1. The first-order valence-electron chi connectivity index (χ1n) is 6.08. The van der Waals surface area contributed by atoms with Crippen LogP contribution < -0.4 is 5.32 Å². The van der Waals surface area contributed by atoms with Gasteiger partial charge in [-0.1, -0.05) is 32.6 Å². The third-order valence-electron chi connectivity index (χ3n) is 3.35. The molecule has 0 saturated heterocycles. The Bertz CT molecular complexity index is 116. The van der Waals surface area contributed by atoms with Crippen molar-refractivity contribution < 1.29 is 0 Å². The Hall–Kier alpha value is -0.0400. The highest BCUT2D eigenvalue weighted by Crippen LogP contribution is 2.27. The molecule has 1 rings (SSSR count). The normalized spacial score (nSPS) is 20.8. The molecule has 1 aliphatic rings. The second-order valence-electron chi connectivity index (χ2n) is 4.49. The van der Waals surface area contributed by atoms with Crippen molar-refractivity contribution in [3.05, 3.63) is 0 Å². The van der Waals surface area contributed by atoms with Gasteiger partial charge < -0.3 is 5.32 Å². The maximum atomic E-state index is 3.66. The molecule has 0 radical (unpaired) electrons. The van der Waals surface area contributed by atoms with Crippen molar-refractivity contribution in [2.45, 2.75) is 64.8 Å². The van der Waals surface area contributed by atoms with Crippen LogP contribution in [0.3, 0.4) is 0 Å². The van der Waals surface area contributed by atoms with Crippen molar-refractivity contribution in [2.24, 2.45) is 5.92 Å². The predicted molar refractivity (Wildman–Crippen MR) is 58.9 cm³/mol. The summed E-state index contributed by atoms with van der Waals surface area (Å²) >= 11 is 0. The average Bonchev–Trinajstić information content (AvgIpc) is 2.65. The van der Waals surface area contributed by atoms with E-state index >= 15 is 0 Å². The van der Waals surface area contributed by atoms with Crippen LogP contribution in [-0.4, -0.2) is 12.6 Å². The Morgan fingerprint density at radius 2 is 1.92 bits per heavy atom. The molecular weight excluding hydrogens is 158 g/mol. The molecule has 1 atom stereocenters. The molecule has 1 unspecified atom stereocenters. The van der Waals surface area contributed by atoms with Crippen molar-refractivity contribution in [2.75, 3.05) is 6.54 Å². The predicted octanol–water partition coefficient (Wildman–Crippen LogP) is 3.34. The van der Waals surface area contributed by atoms with E-state index in [-0.39, 0.29) is 0 Å². The van der Waals surface area contributed by atoms with E-state index in [0.717, 1.165) is 12.0 Å². The van der Waals surface area contributed by atoms with Crippen LogP contribution in [0.1, 0.15) is 58.8 Å². The maximum absolute atomic E-state index is 3.66. The summed E-state index contributed by atoms with van der Waals surface area (Å²) in [5.41, 5.74) is 0. The Morgan fingerprint density at radius 3 is 2.54 bits per heavy atom. The number of hydrogen-bond donors (Lipinski definition) is 1. The van der Waals surface area contributed by atoms with Gasteiger partial charge in [-0.25, -0.2) is 0 Å². The Morgan fingerprint density at radius 1 is 1.23 bits per heavy atom. The van der Waals surface area contributed by atoms with Gasteiger partial charge in [0.25, 0.3) is 0 Å². The van der Waals surface area contributed by atoms with Gasteiger partial charge in [0.1, 0.15) is 0 Å². The van der Waals surface area contributed by atoms with E-state index in [1.807, 2.05) is 0 Å². The summed E-state index contributed by atoms with van der Waals surface area (Å²) in [7, 11) is 0. The number of nitrogens with one attached hydrogen (secondary N) is 1. The molecule has 0 heterocycles. The first kappa shape index (κ1) is 11.0. The lowest BCUT2D eigenvalue weighted by Crippen LogP contribution is -2.32. The highest BCUT2D eigenvalue weighted by atomic mass is 14.9. The van der Waals surface area contributed by atoms with Crippen LogP contribution in [0.2, 0.25) is 0 Å². The van der Waals surface area contributed by atoms with E-state index in [9.17, 15) is 0 Å². The van der Waals surface area contributed by atoms with Crippen molar-refractivity contribution in [3.8, 4) is 0 Å².